The summed E-state index contributed by atoms with van der Waals surface area (Å²) in [6.45, 7) is 4.43. The van der Waals surface area contributed by atoms with Crippen LogP contribution in [0.25, 0.3) is 28.4 Å². The van der Waals surface area contributed by atoms with Gasteiger partial charge in [-0.25, -0.2) is 9.67 Å². The van der Waals surface area contributed by atoms with E-state index < -0.39 is 0 Å². The van der Waals surface area contributed by atoms with Crippen molar-refractivity contribution in [3.63, 3.8) is 0 Å². The number of aryl methyl sites for hydroxylation is 2. The van der Waals surface area contributed by atoms with Gasteiger partial charge >= 0.3 is 0 Å². The number of hydrogen-bond acceptors (Lipinski definition) is 8. The Morgan fingerprint density at radius 1 is 0.970 bits per heavy atom. The van der Waals surface area contributed by atoms with Crippen molar-refractivity contribution in [3.8, 4) is 17.2 Å². The molecule has 0 aliphatic carbocycles. The van der Waals surface area contributed by atoms with E-state index in [-0.39, 0.29) is 0 Å². The van der Waals surface area contributed by atoms with Gasteiger partial charge in [0, 0.05) is 64.3 Å². The first-order valence-electron chi connectivity index (χ1n) is 11.4. The molecule has 0 saturated carbocycles. The molecule has 0 unspecified atom stereocenters. The van der Waals surface area contributed by atoms with Crippen LogP contribution in [0.4, 0.5) is 5.82 Å². The van der Waals surface area contributed by atoms with E-state index in [0.717, 1.165) is 73.2 Å². The zero-order chi connectivity index (χ0) is 22.4. The highest BCUT2D eigenvalue weighted by molar-refractivity contribution is 5.85. The van der Waals surface area contributed by atoms with Gasteiger partial charge in [0.15, 0.2) is 17.0 Å². The smallest absolute Gasteiger partial charge is 0.254 e. The third-order valence-electron chi connectivity index (χ3n) is 6.41. The van der Waals surface area contributed by atoms with Gasteiger partial charge in [-0.15, -0.1) is 0 Å². The minimum absolute atomic E-state index is 0.362. The van der Waals surface area contributed by atoms with Crippen molar-refractivity contribution in [2.24, 2.45) is 14.1 Å². The number of imidazole rings is 1. The van der Waals surface area contributed by atoms with Gasteiger partial charge in [-0.1, -0.05) is 0 Å². The number of aromatic nitrogens is 8. The zero-order valence-corrected chi connectivity index (χ0v) is 18.9. The van der Waals surface area contributed by atoms with E-state index in [0.29, 0.717) is 25.1 Å². The molecular weight excluding hydrogens is 422 g/mol. The average molecular weight is 450 g/mol. The van der Waals surface area contributed by atoms with E-state index in [1.54, 1.807) is 15.6 Å². The first-order chi connectivity index (χ1) is 16.2. The second kappa shape index (κ2) is 8.23. The van der Waals surface area contributed by atoms with Gasteiger partial charge in [0.2, 0.25) is 0 Å². The molecule has 33 heavy (non-hydrogen) atoms. The molecule has 0 N–H and O–H groups in total. The van der Waals surface area contributed by atoms with Crippen LogP contribution in [0.15, 0.2) is 24.7 Å². The monoisotopic (exact) mass is 449 g/mol. The summed E-state index contributed by atoms with van der Waals surface area (Å²) >= 11 is 0. The van der Waals surface area contributed by atoms with Gasteiger partial charge in [0.1, 0.15) is 5.82 Å². The van der Waals surface area contributed by atoms with Crippen molar-refractivity contribution in [3.05, 3.63) is 30.5 Å². The summed E-state index contributed by atoms with van der Waals surface area (Å²) in [7, 11) is 3.94. The Labute approximate surface area is 191 Å². The van der Waals surface area contributed by atoms with Crippen molar-refractivity contribution in [2.75, 3.05) is 44.4 Å². The molecule has 6 heterocycles. The third-order valence-corrected chi connectivity index (χ3v) is 6.41. The molecule has 4 aromatic heterocycles. The molecule has 6 rings (SSSR count). The predicted molar refractivity (Wildman–Crippen MR) is 121 cm³/mol. The molecule has 0 atom stereocenters. The van der Waals surface area contributed by atoms with Crippen LogP contribution in [-0.2, 0) is 23.6 Å². The van der Waals surface area contributed by atoms with Gasteiger partial charge in [-0.05, 0) is 18.9 Å². The summed E-state index contributed by atoms with van der Waals surface area (Å²) in [5, 5.41) is 8.98. The van der Waals surface area contributed by atoms with Crippen molar-refractivity contribution >= 4 is 17.0 Å². The summed E-state index contributed by atoms with van der Waals surface area (Å²) in [4.78, 5) is 17.2. The molecule has 11 heteroatoms. The number of ether oxygens (including phenoxy) is 2. The average Bonchev–Trinajstić information content (AvgIpc) is 3.59. The molecule has 2 fully saturated rings. The van der Waals surface area contributed by atoms with Crippen LogP contribution in [0, 0.1) is 0 Å². The molecule has 2 aliphatic heterocycles. The predicted octanol–water partition coefficient (Wildman–Crippen LogP) is 1.68. The van der Waals surface area contributed by atoms with Crippen molar-refractivity contribution in [1.82, 2.24) is 39.1 Å². The number of rotatable bonds is 4. The van der Waals surface area contributed by atoms with Crippen LogP contribution in [0.5, 0.6) is 0 Å². The van der Waals surface area contributed by atoms with Crippen LogP contribution in [0.2, 0.25) is 0 Å². The zero-order valence-electron chi connectivity index (χ0n) is 18.9. The first kappa shape index (κ1) is 20.3. The molecule has 0 spiro atoms. The number of morpholine rings is 1. The lowest BCUT2D eigenvalue weighted by Gasteiger charge is -2.28. The fraction of sp³-hybridized carbons (Fsp3) is 0.500. The second-order valence-electron chi connectivity index (χ2n) is 8.58. The van der Waals surface area contributed by atoms with E-state index in [4.69, 9.17) is 29.5 Å². The Bertz CT molecular complexity index is 1280. The van der Waals surface area contributed by atoms with Gasteiger partial charge < -0.3 is 18.9 Å². The number of nitrogens with zero attached hydrogens (tertiary/aromatic N) is 9. The van der Waals surface area contributed by atoms with Gasteiger partial charge in [0.05, 0.1) is 25.1 Å². The SMILES string of the molecule is Cn1cc(-c2ccn(-c3nc(N4CCOCC4)c4nc(C5CCOCC5)n(C)c4n3)n2)cn1. The van der Waals surface area contributed by atoms with E-state index in [9.17, 15) is 0 Å². The molecule has 2 saturated heterocycles. The highest BCUT2D eigenvalue weighted by Gasteiger charge is 2.27. The van der Waals surface area contributed by atoms with Crippen molar-refractivity contribution < 1.29 is 9.47 Å². The van der Waals surface area contributed by atoms with Crippen LogP contribution >= 0.6 is 0 Å². The van der Waals surface area contributed by atoms with E-state index in [1.165, 1.54) is 0 Å². The molecule has 0 amide bonds. The molecule has 0 radical (unpaired) electrons. The molecule has 0 aromatic carbocycles. The van der Waals surface area contributed by atoms with E-state index in [1.807, 2.05) is 32.6 Å². The Balaban J connectivity index is 1.47. The van der Waals surface area contributed by atoms with Crippen LogP contribution < -0.4 is 4.90 Å². The maximum atomic E-state index is 5.58. The molecule has 11 nitrogen and oxygen atoms in total. The summed E-state index contributed by atoms with van der Waals surface area (Å²) in [5.41, 5.74) is 3.44. The largest absolute Gasteiger partial charge is 0.381 e. The first-order valence-corrected chi connectivity index (χ1v) is 11.4. The number of hydrogen-bond donors (Lipinski definition) is 0. The minimum atomic E-state index is 0.362. The molecule has 2 aliphatic rings. The van der Waals surface area contributed by atoms with Crippen LogP contribution in [0.1, 0.15) is 24.6 Å². The fourth-order valence-corrected chi connectivity index (χ4v) is 4.61. The number of anilines is 1. The Kier molecular flexibility index (Phi) is 5.07. The maximum absolute atomic E-state index is 5.58. The summed E-state index contributed by atoms with van der Waals surface area (Å²) < 4.78 is 16.8. The summed E-state index contributed by atoms with van der Waals surface area (Å²) in [5.74, 6) is 2.78. The lowest BCUT2D eigenvalue weighted by atomic mass is 10.00. The van der Waals surface area contributed by atoms with Crippen LogP contribution in [0.3, 0.4) is 0 Å². The summed E-state index contributed by atoms with van der Waals surface area (Å²) in [6.07, 6.45) is 7.58. The third kappa shape index (κ3) is 3.66. The molecule has 4 aromatic rings. The normalized spacial score (nSPS) is 17.8. The van der Waals surface area contributed by atoms with Crippen molar-refractivity contribution in [1.29, 1.82) is 0 Å². The fourth-order valence-electron chi connectivity index (χ4n) is 4.61. The van der Waals surface area contributed by atoms with E-state index >= 15 is 0 Å². The number of fused-ring (bicyclic) bond motifs is 1. The van der Waals surface area contributed by atoms with Crippen LogP contribution in [-0.4, -0.2) is 78.6 Å². The Morgan fingerprint density at radius 2 is 1.76 bits per heavy atom. The second-order valence-corrected chi connectivity index (χ2v) is 8.58. The lowest BCUT2D eigenvalue weighted by Crippen LogP contribution is -2.37. The molecule has 172 valence electrons. The highest BCUT2D eigenvalue weighted by Crippen LogP contribution is 2.32. The maximum Gasteiger partial charge on any atom is 0.254 e. The highest BCUT2D eigenvalue weighted by atomic mass is 16.5. The van der Waals surface area contributed by atoms with Gasteiger partial charge in [-0.2, -0.15) is 20.2 Å². The Hall–Kier alpha value is -3.31. The molecule has 0 bridgehead atoms. The lowest BCUT2D eigenvalue weighted by molar-refractivity contribution is 0.0831. The quantitative estimate of drug-likeness (QED) is 0.464. The summed E-state index contributed by atoms with van der Waals surface area (Å²) in [6, 6.07) is 1.95. The van der Waals surface area contributed by atoms with Gasteiger partial charge in [0.25, 0.3) is 5.95 Å². The topological polar surface area (TPSA) is 101 Å². The standard InChI is InChI=1S/C22H27N9O2/c1-28-14-16(13-23-28)17-3-6-31(27-17)22-25-20-18(21(26-22)30-7-11-33-12-8-30)24-19(29(20)2)15-4-9-32-10-5-15/h3,6,13-15H,4-5,7-12H2,1-2H3. The Morgan fingerprint density at radius 3 is 2.52 bits per heavy atom. The van der Waals surface area contributed by atoms with Crippen molar-refractivity contribution in [2.45, 2.75) is 18.8 Å². The van der Waals surface area contributed by atoms with E-state index in [2.05, 4.69) is 14.6 Å². The minimum Gasteiger partial charge on any atom is -0.381 e. The van der Waals surface area contributed by atoms with Gasteiger partial charge in [-0.3, -0.25) is 4.68 Å². The molecular formula is C22H27N9O2.